The number of allylic oxidation sites excluding steroid dienone is 2. The van der Waals surface area contributed by atoms with Crippen LogP contribution < -0.4 is 0 Å². The Kier molecular flexibility index (Phi) is 13.4. The lowest BCUT2D eigenvalue weighted by atomic mass is 9.33. The van der Waals surface area contributed by atoms with Crippen molar-refractivity contribution in [2.45, 2.75) is 218 Å². The van der Waals surface area contributed by atoms with E-state index in [2.05, 4.69) is 54.5 Å². The van der Waals surface area contributed by atoms with Gasteiger partial charge in [0.1, 0.15) is 67.1 Å². The molecule has 0 aromatic heterocycles. The molecule has 7 fully saturated rings. The highest BCUT2D eigenvalue weighted by atomic mass is 16.7. The molecule has 65 heavy (non-hydrogen) atoms. The van der Waals surface area contributed by atoms with Gasteiger partial charge in [0.2, 0.25) is 6.29 Å². The van der Waals surface area contributed by atoms with Gasteiger partial charge in [0, 0.05) is 0 Å². The van der Waals surface area contributed by atoms with Crippen molar-refractivity contribution in [1.82, 2.24) is 0 Å². The van der Waals surface area contributed by atoms with Crippen LogP contribution in [0.4, 0.5) is 0 Å². The van der Waals surface area contributed by atoms with Crippen LogP contribution in [0.3, 0.4) is 0 Å². The largest absolute Gasteiger partial charge is 0.432 e. The van der Waals surface area contributed by atoms with E-state index in [0.29, 0.717) is 19.3 Å². The highest BCUT2D eigenvalue weighted by Gasteiger charge is 2.70. The first-order valence-corrected chi connectivity index (χ1v) is 24.2. The lowest BCUT2D eigenvalue weighted by molar-refractivity contribution is -0.367. The van der Waals surface area contributed by atoms with Gasteiger partial charge in [0.05, 0.1) is 30.8 Å². The standard InChI is InChI=1S/C48H78O17/c1-22-30(51)33(54)35(56)39(60-22)64-38-32(53)26(21-50)62-41(37(38)58)63-29-12-13-45(6)27(44(29,4)5)11-14-47(8)28(45)10-9-23-24-19-43(2,3)15-17-48(24,18-16-46(23,47)7)42(59)65-40-36(57)34(55)31(52)25(20-49)61-40/h9,22,24-41,49-58H,10-21H2,1-8H3/t22-,24-,25+,26+,27-,28+,29?,30-,31+,32+,33+,34-,35+,36+,37+,38-,39-,40-,41-,45-,46+,47+,48-/m0/s1. The summed E-state index contributed by atoms with van der Waals surface area (Å²) < 4.78 is 35.9. The van der Waals surface area contributed by atoms with E-state index in [1.165, 1.54) is 12.5 Å². The van der Waals surface area contributed by atoms with Gasteiger partial charge in [-0.25, -0.2) is 0 Å². The number of esters is 1. The quantitative estimate of drug-likeness (QED) is 0.0930. The summed E-state index contributed by atoms with van der Waals surface area (Å²) in [4.78, 5) is 14.7. The minimum Gasteiger partial charge on any atom is -0.432 e. The van der Waals surface area contributed by atoms with Gasteiger partial charge < -0.3 is 79.5 Å². The zero-order valence-corrected chi connectivity index (χ0v) is 39.4. The number of carbonyl (C=O) groups excluding carboxylic acids is 1. The predicted octanol–water partition coefficient (Wildman–Crippen LogP) is 1.17. The second-order valence-corrected chi connectivity index (χ2v) is 23.4. The third kappa shape index (κ3) is 7.81. The van der Waals surface area contributed by atoms with Crippen molar-refractivity contribution in [3.8, 4) is 0 Å². The lowest BCUT2D eigenvalue weighted by Crippen LogP contribution is -2.67. The Morgan fingerprint density at radius 3 is 1.92 bits per heavy atom. The van der Waals surface area contributed by atoms with E-state index in [9.17, 15) is 55.9 Å². The molecule has 10 N–H and O–H groups in total. The Labute approximate surface area is 382 Å². The summed E-state index contributed by atoms with van der Waals surface area (Å²) in [5, 5.41) is 106. The summed E-state index contributed by atoms with van der Waals surface area (Å²) in [7, 11) is 0. The van der Waals surface area contributed by atoms with Crippen molar-refractivity contribution in [1.29, 1.82) is 0 Å². The van der Waals surface area contributed by atoms with E-state index < -0.39 is 128 Å². The van der Waals surface area contributed by atoms with Crippen LogP contribution in [0.2, 0.25) is 0 Å². The van der Waals surface area contributed by atoms with Crippen LogP contribution in [0, 0.1) is 50.2 Å². The van der Waals surface area contributed by atoms with E-state index in [1.54, 1.807) is 0 Å². The van der Waals surface area contributed by atoms with E-state index >= 15 is 0 Å². The average Bonchev–Trinajstić information content (AvgIpc) is 3.25. The molecule has 0 aromatic carbocycles. The van der Waals surface area contributed by atoms with Crippen molar-refractivity contribution < 1.29 is 84.3 Å². The minimum absolute atomic E-state index is 0.0485. The number of fused-ring (bicyclic) bond motifs is 7. The van der Waals surface area contributed by atoms with Crippen LogP contribution in [-0.4, -0.2) is 168 Å². The predicted molar refractivity (Wildman–Crippen MR) is 229 cm³/mol. The topological polar surface area (TPSA) is 275 Å². The normalized spacial score (nSPS) is 53.9. The second kappa shape index (κ2) is 17.5. The molecule has 3 saturated heterocycles. The number of aliphatic hydroxyl groups excluding tert-OH is 10. The first-order chi connectivity index (χ1) is 30.3. The number of ether oxygens (including phenoxy) is 6. The summed E-state index contributed by atoms with van der Waals surface area (Å²) in [5.74, 6) is -0.127. The van der Waals surface area contributed by atoms with Crippen molar-refractivity contribution in [2.24, 2.45) is 50.2 Å². The molecule has 0 spiro atoms. The molecule has 23 atom stereocenters. The highest BCUT2D eigenvalue weighted by Crippen LogP contribution is 2.76. The minimum atomic E-state index is -1.68. The molecule has 4 saturated carbocycles. The maximum Gasteiger partial charge on any atom is 0.315 e. The molecule has 17 heteroatoms. The van der Waals surface area contributed by atoms with E-state index in [0.717, 1.165) is 44.9 Å². The van der Waals surface area contributed by atoms with Gasteiger partial charge in [-0.2, -0.15) is 0 Å². The van der Waals surface area contributed by atoms with Crippen molar-refractivity contribution in [3.63, 3.8) is 0 Å². The van der Waals surface area contributed by atoms with Gasteiger partial charge in [0.15, 0.2) is 12.6 Å². The van der Waals surface area contributed by atoms with E-state index in [1.807, 2.05) is 0 Å². The molecule has 0 amide bonds. The smallest absolute Gasteiger partial charge is 0.315 e. The fourth-order valence-electron chi connectivity index (χ4n) is 15.0. The van der Waals surface area contributed by atoms with Gasteiger partial charge in [0.25, 0.3) is 0 Å². The zero-order valence-electron chi connectivity index (χ0n) is 39.4. The summed E-state index contributed by atoms with van der Waals surface area (Å²) in [6, 6.07) is 0. The van der Waals surface area contributed by atoms with Crippen LogP contribution in [-0.2, 0) is 33.2 Å². The summed E-state index contributed by atoms with van der Waals surface area (Å²) >= 11 is 0. The summed E-state index contributed by atoms with van der Waals surface area (Å²) in [5.41, 5.74) is -0.561. The van der Waals surface area contributed by atoms with Crippen LogP contribution in [0.5, 0.6) is 0 Å². The van der Waals surface area contributed by atoms with Crippen LogP contribution >= 0.6 is 0 Å². The molecular weight excluding hydrogens is 849 g/mol. The number of aliphatic hydroxyl groups is 10. The monoisotopic (exact) mass is 927 g/mol. The average molecular weight is 927 g/mol. The molecule has 3 aliphatic heterocycles. The summed E-state index contributed by atoms with van der Waals surface area (Å²) in [6.45, 7) is 16.4. The third-order valence-electron chi connectivity index (χ3n) is 19.3. The highest BCUT2D eigenvalue weighted by molar-refractivity contribution is 5.79. The molecule has 0 aromatic rings. The molecule has 0 bridgehead atoms. The molecule has 3 heterocycles. The molecule has 8 rings (SSSR count). The number of hydrogen-bond donors (Lipinski definition) is 10. The third-order valence-corrected chi connectivity index (χ3v) is 19.3. The molecule has 5 aliphatic carbocycles. The van der Waals surface area contributed by atoms with Crippen LogP contribution in [0.15, 0.2) is 11.6 Å². The Morgan fingerprint density at radius 1 is 0.646 bits per heavy atom. The van der Waals surface area contributed by atoms with Crippen molar-refractivity contribution >= 4 is 5.97 Å². The van der Waals surface area contributed by atoms with Gasteiger partial charge in [-0.05, 0) is 116 Å². The van der Waals surface area contributed by atoms with Gasteiger partial charge >= 0.3 is 5.97 Å². The summed E-state index contributed by atoms with van der Waals surface area (Å²) in [6.07, 6.45) is -12.1. The fourth-order valence-corrected chi connectivity index (χ4v) is 15.0. The zero-order chi connectivity index (χ0) is 47.6. The van der Waals surface area contributed by atoms with Gasteiger partial charge in [-0.15, -0.1) is 0 Å². The first kappa shape index (κ1) is 50.0. The Morgan fingerprint density at radius 2 is 1.25 bits per heavy atom. The maximum atomic E-state index is 14.7. The second-order valence-electron chi connectivity index (χ2n) is 23.4. The van der Waals surface area contributed by atoms with Crippen molar-refractivity contribution in [3.05, 3.63) is 11.6 Å². The molecule has 0 radical (unpaired) electrons. The SMILES string of the molecule is C[C@@H]1O[C@@H](O[C@@H]2[C@@H](O)[C@H](OC3CC[C@]4(C)[C@H]5CC=C6[C@@H]7CC(C)(C)CC[C@]7(C(=O)O[C@@H]7O[C@H](CO)[C@@H](O)[C@H](O)[C@H]7O)CC[C@@]6(C)[C@]5(C)CC[C@H]4C3(C)C)O[C@H](CO)[C@H]2O)[C@H](O)[C@H](O)[C@H]1O. The lowest BCUT2D eigenvalue weighted by Gasteiger charge is -2.71. The van der Waals surface area contributed by atoms with E-state index in [-0.39, 0.29) is 39.4 Å². The molecule has 17 nitrogen and oxygen atoms in total. The first-order valence-electron chi connectivity index (χ1n) is 24.2. The fraction of sp³-hybridized carbons (Fsp3) is 0.938. The van der Waals surface area contributed by atoms with Gasteiger partial charge in [-0.3, -0.25) is 4.79 Å². The molecule has 372 valence electrons. The van der Waals surface area contributed by atoms with Crippen LogP contribution in [0.25, 0.3) is 0 Å². The Balaban J connectivity index is 1.02. The Hall–Kier alpha value is -1.39. The number of hydrogen-bond acceptors (Lipinski definition) is 17. The number of carbonyl (C=O) groups is 1. The van der Waals surface area contributed by atoms with Crippen LogP contribution in [0.1, 0.15) is 120 Å². The Bertz CT molecular complexity index is 1780. The van der Waals surface area contributed by atoms with Crippen molar-refractivity contribution in [2.75, 3.05) is 13.2 Å². The molecule has 1 unspecified atom stereocenters. The number of rotatable bonds is 8. The molecule has 8 aliphatic rings. The van der Waals surface area contributed by atoms with Gasteiger partial charge in [-0.1, -0.05) is 60.1 Å². The maximum absolute atomic E-state index is 14.7. The molecular formula is C48H78O17. The van der Waals surface area contributed by atoms with E-state index in [4.69, 9.17) is 28.4 Å².